The van der Waals surface area contributed by atoms with Gasteiger partial charge in [-0.2, -0.15) is 4.98 Å². The smallest absolute Gasteiger partial charge is 0.224 e. The van der Waals surface area contributed by atoms with Crippen LogP contribution in [0.4, 0.5) is 26.2 Å². The van der Waals surface area contributed by atoms with Crippen molar-refractivity contribution in [1.29, 1.82) is 0 Å². The highest BCUT2D eigenvalue weighted by molar-refractivity contribution is 5.58. The Balaban J connectivity index is 1.75. The van der Waals surface area contributed by atoms with E-state index in [9.17, 15) is 8.78 Å². The van der Waals surface area contributed by atoms with Crippen LogP contribution in [-0.4, -0.2) is 42.1 Å². The zero-order chi connectivity index (χ0) is 17.8. The summed E-state index contributed by atoms with van der Waals surface area (Å²) in [5.74, 6) is 0.401. The third-order valence-electron chi connectivity index (χ3n) is 4.00. The van der Waals surface area contributed by atoms with Crippen LogP contribution in [0.25, 0.3) is 0 Å². The Morgan fingerprint density at radius 1 is 1.16 bits per heavy atom. The summed E-state index contributed by atoms with van der Waals surface area (Å²) in [4.78, 5) is 11.1. The van der Waals surface area contributed by atoms with E-state index in [1.807, 2.05) is 20.2 Å². The molecular weight excluding hydrogens is 324 g/mol. The molecule has 1 aromatic heterocycles. The molecule has 1 heterocycles. The number of halogens is 2. The summed E-state index contributed by atoms with van der Waals surface area (Å²) < 4.78 is 27.2. The highest BCUT2D eigenvalue weighted by Gasteiger charge is 2.26. The number of nitrogens with one attached hydrogen (secondary N) is 2. The first-order valence-corrected chi connectivity index (χ1v) is 8.51. The minimum atomic E-state index is -0.520. The van der Waals surface area contributed by atoms with Gasteiger partial charge in [0.05, 0.1) is 11.4 Å². The van der Waals surface area contributed by atoms with Crippen LogP contribution < -0.4 is 10.6 Å². The fourth-order valence-electron chi connectivity index (χ4n) is 2.52. The largest absolute Gasteiger partial charge is 0.354 e. The van der Waals surface area contributed by atoms with E-state index in [0.29, 0.717) is 17.7 Å². The molecule has 1 saturated carbocycles. The first-order chi connectivity index (χ1) is 12.0. The Labute approximate surface area is 146 Å². The summed E-state index contributed by atoms with van der Waals surface area (Å²) in [7, 11) is 4.06. The number of nitrogens with zero attached hydrogens (tertiary/aromatic N) is 3. The molecule has 3 rings (SSSR count). The average molecular weight is 347 g/mol. The third-order valence-corrected chi connectivity index (χ3v) is 4.00. The predicted molar refractivity (Wildman–Crippen MR) is 95.3 cm³/mol. The molecule has 0 spiro atoms. The van der Waals surface area contributed by atoms with Gasteiger partial charge in [-0.05, 0) is 52.0 Å². The molecule has 1 aliphatic carbocycles. The zero-order valence-electron chi connectivity index (χ0n) is 14.5. The van der Waals surface area contributed by atoms with E-state index in [0.717, 1.165) is 56.2 Å². The van der Waals surface area contributed by atoms with Crippen molar-refractivity contribution in [3.63, 3.8) is 0 Å². The number of anilines is 3. The summed E-state index contributed by atoms with van der Waals surface area (Å²) in [6, 6.07) is 5.13. The maximum Gasteiger partial charge on any atom is 0.224 e. The van der Waals surface area contributed by atoms with Gasteiger partial charge in [0.15, 0.2) is 0 Å². The Morgan fingerprint density at radius 2 is 1.96 bits per heavy atom. The Morgan fingerprint density at radius 3 is 2.68 bits per heavy atom. The van der Waals surface area contributed by atoms with Crippen molar-refractivity contribution < 1.29 is 8.78 Å². The Bertz CT molecular complexity index is 731. The van der Waals surface area contributed by atoms with Crippen LogP contribution in [-0.2, 0) is 0 Å². The van der Waals surface area contributed by atoms with Gasteiger partial charge in [0.25, 0.3) is 0 Å². The monoisotopic (exact) mass is 347 g/mol. The van der Waals surface area contributed by atoms with Crippen molar-refractivity contribution in [2.75, 3.05) is 37.8 Å². The molecule has 1 fully saturated rings. The van der Waals surface area contributed by atoms with Gasteiger partial charge >= 0.3 is 0 Å². The van der Waals surface area contributed by atoms with E-state index in [-0.39, 0.29) is 5.69 Å². The minimum absolute atomic E-state index is 0.0685. The van der Waals surface area contributed by atoms with Crippen molar-refractivity contribution in [1.82, 2.24) is 14.9 Å². The number of rotatable bonds is 8. The maximum absolute atomic E-state index is 13.9. The van der Waals surface area contributed by atoms with Crippen LogP contribution in [0.1, 0.15) is 30.9 Å². The normalized spacial score (nSPS) is 14.0. The lowest BCUT2D eigenvalue weighted by Gasteiger charge is -2.13. The number of aromatic nitrogens is 2. The number of hydrogen-bond acceptors (Lipinski definition) is 5. The highest BCUT2D eigenvalue weighted by Crippen LogP contribution is 2.40. The summed E-state index contributed by atoms with van der Waals surface area (Å²) >= 11 is 0. The van der Waals surface area contributed by atoms with Crippen molar-refractivity contribution in [2.45, 2.75) is 25.2 Å². The van der Waals surface area contributed by atoms with Gasteiger partial charge in [-0.25, -0.2) is 13.8 Å². The summed E-state index contributed by atoms with van der Waals surface area (Å²) in [6.45, 7) is 1.72. The molecule has 0 saturated heterocycles. The molecule has 0 unspecified atom stereocenters. The number of benzene rings is 1. The van der Waals surface area contributed by atoms with E-state index in [2.05, 4.69) is 25.5 Å². The fourth-order valence-corrected chi connectivity index (χ4v) is 2.52. The average Bonchev–Trinajstić information content (AvgIpc) is 3.40. The van der Waals surface area contributed by atoms with Crippen LogP contribution in [0.5, 0.6) is 0 Å². The molecular formula is C18H23F2N5. The Hall–Kier alpha value is -2.28. The first kappa shape index (κ1) is 17.5. The zero-order valence-corrected chi connectivity index (χ0v) is 14.5. The quantitative estimate of drug-likeness (QED) is 0.713. The molecule has 1 aromatic carbocycles. The van der Waals surface area contributed by atoms with Gasteiger partial charge < -0.3 is 15.5 Å². The van der Waals surface area contributed by atoms with Gasteiger partial charge in [-0.1, -0.05) is 0 Å². The lowest BCUT2D eigenvalue weighted by Crippen LogP contribution is -2.17. The molecule has 2 N–H and O–H groups in total. The Kier molecular flexibility index (Phi) is 5.43. The van der Waals surface area contributed by atoms with Crippen LogP contribution >= 0.6 is 0 Å². The second-order valence-electron chi connectivity index (χ2n) is 6.61. The van der Waals surface area contributed by atoms with Gasteiger partial charge in [0.1, 0.15) is 17.5 Å². The van der Waals surface area contributed by atoms with E-state index in [1.165, 1.54) is 0 Å². The molecule has 0 amide bonds. The van der Waals surface area contributed by atoms with Crippen molar-refractivity contribution in [3.8, 4) is 0 Å². The molecule has 7 heteroatoms. The second kappa shape index (κ2) is 7.74. The van der Waals surface area contributed by atoms with Crippen molar-refractivity contribution >= 4 is 17.5 Å². The van der Waals surface area contributed by atoms with Crippen LogP contribution in [0, 0.1) is 11.6 Å². The molecule has 0 aliphatic heterocycles. The molecule has 1 aliphatic rings. The molecule has 134 valence electrons. The predicted octanol–water partition coefficient (Wildman–Crippen LogP) is 3.74. The van der Waals surface area contributed by atoms with E-state index >= 15 is 0 Å². The van der Waals surface area contributed by atoms with Gasteiger partial charge in [-0.15, -0.1) is 0 Å². The minimum Gasteiger partial charge on any atom is -0.354 e. The van der Waals surface area contributed by atoms with Gasteiger partial charge in [0.2, 0.25) is 5.95 Å². The van der Waals surface area contributed by atoms with Crippen molar-refractivity contribution in [3.05, 3.63) is 41.6 Å². The maximum atomic E-state index is 13.9. The first-order valence-electron chi connectivity index (χ1n) is 8.51. The topological polar surface area (TPSA) is 53.1 Å². The van der Waals surface area contributed by atoms with E-state index in [4.69, 9.17) is 0 Å². The fraction of sp³-hybridized carbons (Fsp3) is 0.444. The summed E-state index contributed by atoms with van der Waals surface area (Å²) in [5, 5.41) is 6.09. The van der Waals surface area contributed by atoms with E-state index < -0.39 is 11.6 Å². The van der Waals surface area contributed by atoms with Crippen LogP contribution in [0.3, 0.4) is 0 Å². The molecule has 25 heavy (non-hydrogen) atoms. The van der Waals surface area contributed by atoms with Crippen LogP contribution in [0.15, 0.2) is 24.3 Å². The van der Waals surface area contributed by atoms with Crippen LogP contribution in [0.2, 0.25) is 0 Å². The van der Waals surface area contributed by atoms with Gasteiger partial charge in [-0.3, -0.25) is 0 Å². The number of hydrogen-bond donors (Lipinski definition) is 2. The third kappa shape index (κ3) is 5.09. The van der Waals surface area contributed by atoms with Crippen molar-refractivity contribution in [2.24, 2.45) is 0 Å². The molecule has 0 atom stereocenters. The molecule has 2 aromatic rings. The SMILES string of the molecule is CN(C)CCCNc1nc(Nc2cc(F)ccc2F)cc(C2CC2)n1. The standard InChI is InChI=1S/C18H23F2N5/c1-25(2)9-3-8-21-18-23-15(12-4-5-12)11-17(24-18)22-16-10-13(19)6-7-14(16)20/h6-7,10-12H,3-5,8-9H2,1-2H3,(H2,21,22,23,24). The summed E-state index contributed by atoms with van der Waals surface area (Å²) in [6.07, 6.45) is 3.17. The molecule has 0 bridgehead atoms. The molecule has 0 radical (unpaired) electrons. The lowest BCUT2D eigenvalue weighted by atomic mass is 10.2. The highest BCUT2D eigenvalue weighted by atomic mass is 19.1. The summed E-state index contributed by atoms with van der Waals surface area (Å²) in [5.41, 5.74) is 1.00. The van der Waals surface area contributed by atoms with E-state index in [1.54, 1.807) is 0 Å². The second-order valence-corrected chi connectivity index (χ2v) is 6.61. The van der Waals surface area contributed by atoms with Gasteiger partial charge in [0, 0.05) is 24.6 Å². The molecule has 5 nitrogen and oxygen atoms in total. The lowest BCUT2D eigenvalue weighted by molar-refractivity contribution is 0.405.